The minimum Gasteiger partial charge on any atom is -0.390 e. The molecule has 0 amide bonds. The quantitative estimate of drug-likeness (QED) is 0.773. The van der Waals surface area contributed by atoms with Crippen LogP contribution in [0.4, 0.5) is 0 Å². The molecule has 0 saturated heterocycles. The number of aryl methyl sites for hydroxylation is 1. The van der Waals surface area contributed by atoms with Crippen LogP contribution < -0.4 is 5.73 Å². The lowest BCUT2D eigenvalue weighted by atomic mass is 9.96. The van der Waals surface area contributed by atoms with Gasteiger partial charge < -0.3 is 15.7 Å². The van der Waals surface area contributed by atoms with Crippen LogP contribution in [0, 0.1) is 6.92 Å². The van der Waals surface area contributed by atoms with Crippen LogP contribution in [-0.2, 0) is 0 Å². The summed E-state index contributed by atoms with van der Waals surface area (Å²) >= 11 is 0. The number of nitrogens with zero attached hydrogens (tertiary/aromatic N) is 1. The summed E-state index contributed by atoms with van der Waals surface area (Å²) in [6.07, 6.45) is -0.527. The van der Waals surface area contributed by atoms with E-state index >= 15 is 0 Å². The molecule has 2 unspecified atom stereocenters. The third-order valence-corrected chi connectivity index (χ3v) is 2.67. The van der Waals surface area contributed by atoms with Gasteiger partial charge in [0.1, 0.15) is 0 Å². The Labute approximate surface area is 91.5 Å². The largest absolute Gasteiger partial charge is 0.390 e. The molecule has 0 radical (unpaired) electrons. The zero-order valence-electron chi connectivity index (χ0n) is 9.64. The van der Waals surface area contributed by atoms with Gasteiger partial charge in [-0.1, -0.05) is 24.3 Å². The Bertz CT molecular complexity index is 312. The van der Waals surface area contributed by atoms with Gasteiger partial charge in [0.05, 0.1) is 12.1 Å². The number of likely N-dealkylation sites (N-methyl/N-ethyl adjacent to an activating group) is 1. The van der Waals surface area contributed by atoms with Gasteiger partial charge in [-0.05, 0) is 32.1 Å². The first-order chi connectivity index (χ1) is 7.07. The second-order valence-electron chi connectivity index (χ2n) is 4.07. The average Bonchev–Trinajstić information content (AvgIpc) is 2.20. The van der Waals surface area contributed by atoms with Gasteiger partial charge in [0.25, 0.3) is 0 Å². The van der Waals surface area contributed by atoms with Gasteiger partial charge in [0, 0.05) is 6.54 Å². The van der Waals surface area contributed by atoms with Crippen LogP contribution in [0.3, 0.4) is 0 Å². The molecule has 1 rings (SSSR count). The van der Waals surface area contributed by atoms with E-state index in [1.165, 1.54) is 5.56 Å². The highest BCUT2D eigenvalue weighted by atomic mass is 16.3. The van der Waals surface area contributed by atoms with E-state index in [0.717, 1.165) is 5.56 Å². The lowest BCUT2D eigenvalue weighted by Crippen LogP contribution is -2.36. The van der Waals surface area contributed by atoms with Crippen molar-refractivity contribution in [2.45, 2.75) is 19.1 Å². The molecule has 1 aromatic carbocycles. The van der Waals surface area contributed by atoms with E-state index in [2.05, 4.69) is 13.0 Å². The molecule has 0 heterocycles. The first kappa shape index (κ1) is 12.2. The highest BCUT2D eigenvalue weighted by molar-refractivity contribution is 5.29. The molecule has 2 atom stereocenters. The van der Waals surface area contributed by atoms with Crippen molar-refractivity contribution in [3.63, 3.8) is 0 Å². The van der Waals surface area contributed by atoms with Crippen molar-refractivity contribution in [2.24, 2.45) is 5.73 Å². The topological polar surface area (TPSA) is 49.5 Å². The maximum atomic E-state index is 9.90. The van der Waals surface area contributed by atoms with E-state index in [4.69, 9.17) is 5.73 Å². The number of hydrogen-bond donors (Lipinski definition) is 2. The average molecular weight is 208 g/mol. The normalized spacial score (nSPS) is 15.3. The first-order valence-electron chi connectivity index (χ1n) is 5.18. The Morgan fingerprint density at radius 3 is 2.40 bits per heavy atom. The molecule has 0 fully saturated rings. The number of hydrogen-bond acceptors (Lipinski definition) is 3. The molecule has 1 aromatic rings. The predicted octanol–water partition coefficient (Wildman–Crippen LogP) is 0.917. The summed E-state index contributed by atoms with van der Waals surface area (Å²) in [5.74, 6) is 0. The van der Waals surface area contributed by atoms with Crippen LogP contribution >= 0.6 is 0 Å². The van der Waals surface area contributed by atoms with Crippen LogP contribution in [0.2, 0.25) is 0 Å². The molecule has 0 saturated carbocycles. The summed E-state index contributed by atoms with van der Waals surface area (Å²) in [4.78, 5) is 2.00. The molecule has 15 heavy (non-hydrogen) atoms. The summed E-state index contributed by atoms with van der Waals surface area (Å²) in [6.45, 7) is 2.33. The zero-order valence-corrected chi connectivity index (χ0v) is 9.64. The SMILES string of the molecule is Cc1ccccc1C(C(O)CN)N(C)C. The van der Waals surface area contributed by atoms with Crippen molar-refractivity contribution in [2.75, 3.05) is 20.6 Å². The van der Waals surface area contributed by atoms with Gasteiger partial charge in [-0.15, -0.1) is 0 Å². The first-order valence-corrected chi connectivity index (χ1v) is 5.18. The number of nitrogens with two attached hydrogens (primary N) is 1. The third kappa shape index (κ3) is 2.78. The fourth-order valence-electron chi connectivity index (χ4n) is 1.88. The number of aliphatic hydroxyl groups is 1. The highest BCUT2D eigenvalue weighted by Crippen LogP contribution is 2.24. The summed E-state index contributed by atoms with van der Waals surface area (Å²) in [5.41, 5.74) is 7.84. The van der Waals surface area contributed by atoms with Crippen LogP contribution in [-0.4, -0.2) is 36.8 Å². The Morgan fingerprint density at radius 1 is 1.33 bits per heavy atom. The third-order valence-electron chi connectivity index (χ3n) is 2.67. The Morgan fingerprint density at radius 2 is 1.93 bits per heavy atom. The van der Waals surface area contributed by atoms with Crippen molar-refractivity contribution in [3.8, 4) is 0 Å². The molecule has 84 valence electrons. The summed E-state index contributed by atoms with van der Waals surface area (Å²) < 4.78 is 0. The summed E-state index contributed by atoms with van der Waals surface area (Å²) in [7, 11) is 3.91. The smallest absolute Gasteiger partial charge is 0.0858 e. The number of aliphatic hydroxyl groups excluding tert-OH is 1. The van der Waals surface area contributed by atoms with Crippen LogP contribution in [0.25, 0.3) is 0 Å². The minimum absolute atomic E-state index is 0.0313. The zero-order chi connectivity index (χ0) is 11.4. The fourth-order valence-corrected chi connectivity index (χ4v) is 1.88. The molecule has 0 aliphatic heterocycles. The molecule has 0 bridgehead atoms. The van der Waals surface area contributed by atoms with Crippen molar-refractivity contribution in [1.29, 1.82) is 0 Å². The molecule has 3 N–H and O–H groups in total. The van der Waals surface area contributed by atoms with Gasteiger partial charge in [0.15, 0.2) is 0 Å². The van der Waals surface area contributed by atoms with E-state index in [9.17, 15) is 5.11 Å². The lowest BCUT2D eigenvalue weighted by Gasteiger charge is -2.29. The molecular formula is C12H20N2O. The van der Waals surface area contributed by atoms with Gasteiger partial charge in [-0.2, -0.15) is 0 Å². The fraction of sp³-hybridized carbons (Fsp3) is 0.500. The van der Waals surface area contributed by atoms with Crippen LogP contribution in [0.5, 0.6) is 0 Å². The van der Waals surface area contributed by atoms with E-state index in [0.29, 0.717) is 0 Å². The van der Waals surface area contributed by atoms with E-state index in [1.807, 2.05) is 37.2 Å². The molecule has 0 aromatic heterocycles. The molecule has 0 aliphatic rings. The van der Waals surface area contributed by atoms with E-state index in [-0.39, 0.29) is 12.6 Å². The molecule has 0 spiro atoms. The van der Waals surface area contributed by atoms with Crippen LogP contribution in [0.15, 0.2) is 24.3 Å². The second kappa shape index (κ2) is 5.26. The van der Waals surface area contributed by atoms with Crippen LogP contribution in [0.1, 0.15) is 17.2 Å². The summed E-state index contributed by atoms with van der Waals surface area (Å²) in [5, 5.41) is 9.90. The van der Waals surface area contributed by atoms with E-state index in [1.54, 1.807) is 0 Å². The Balaban J connectivity index is 3.04. The summed E-state index contributed by atoms with van der Waals surface area (Å²) in [6, 6.07) is 8.05. The van der Waals surface area contributed by atoms with Gasteiger partial charge in [-0.3, -0.25) is 0 Å². The molecule has 0 aliphatic carbocycles. The van der Waals surface area contributed by atoms with Crippen molar-refractivity contribution >= 4 is 0 Å². The monoisotopic (exact) mass is 208 g/mol. The van der Waals surface area contributed by atoms with Crippen molar-refractivity contribution in [1.82, 2.24) is 4.90 Å². The highest BCUT2D eigenvalue weighted by Gasteiger charge is 2.23. The Hall–Kier alpha value is -0.900. The van der Waals surface area contributed by atoms with Gasteiger partial charge >= 0.3 is 0 Å². The molecule has 3 nitrogen and oxygen atoms in total. The second-order valence-corrected chi connectivity index (χ2v) is 4.07. The maximum Gasteiger partial charge on any atom is 0.0858 e. The van der Waals surface area contributed by atoms with Crippen molar-refractivity contribution in [3.05, 3.63) is 35.4 Å². The van der Waals surface area contributed by atoms with Gasteiger partial charge in [0.2, 0.25) is 0 Å². The maximum absolute atomic E-state index is 9.90. The number of rotatable bonds is 4. The lowest BCUT2D eigenvalue weighted by molar-refractivity contribution is 0.0820. The minimum atomic E-state index is -0.527. The number of benzene rings is 1. The standard InChI is InChI=1S/C12H20N2O/c1-9-6-4-5-7-10(9)12(14(2)3)11(15)8-13/h4-7,11-12,15H,8,13H2,1-3H3. The predicted molar refractivity (Wildman–Crippen MR) is 62.7 cm³/mol. The Kier molecular flexibility index (Phi) is 4.27. The molecule has 3 heteroatoms. The van der Waals surface area contributed by atoms with Gasteiger partial charge in [-0.25, -0.2) is 0 Å². The molecular weight excluding hydrogens is 188 g/mol. The van der Waals surface area contributed by atoms with Crippen molar-refractivity contribution < 1.29 is 5.11 Å². The van der Waals surface area contributed by atoms with E-state index < -0.39 is 6.10 Å².